The number of hydrogen-bond donors (Lipinski definition) is 0. The molecule has 0 unspecified atom stereocenters. The molecule has 0 aromatic heterocycles. The second-order valence-electron chi connectivity index (χ2n) is 0. The van der Waals surface area contributed by atoms with Gasteiger partial charge in [-0.1, -0.05) is 0 Å². The van der Waals surface area contributed by atoms with Crippen molar-refractivity contribution < 1.29 is 57.9 Å². The number of rotatable bonds is 0. The summed E-state index contributed by atoms with van der Waals surface area (Å²) in [6, 6.07) is 0. The fourth-order valence-corrected chi connectivity index (χ4v) is 0. The molecule has 0 spiro atoms. The van der Waals surface area contributed by atoms with Gasteiger partial charge in [0.2, 0.25) is 0 Å². The largest absolute Gasteiger partial charge is 0 e. The van der Waals surface area contributed by atoms with E-state index in [1.807, 2.05) is 0 Å². The summed E-state index contributed by atoms with van der Waals surface area (Å²) in [6.45, 7) is 0. The van der Waals surface area contributed by atoms with Crippen LogP contribution in [0.4, 0.5) is 0 Å². The smallest absolute Gasteiger partial charge is 0 e. The Morgan fingerprint density at radius 3 is 1.25 bits per heavy atom. The third-order valence-electron chi connectivity index (χ3n) is 0. The Balaban J connectivity index is -0.00000000500. The van der Waals surface area contributed by atoms with Crippen molar-refractivity contribution in [2.24, 2.45) is 0 Å². The third-order valence-corrected chi connectivity index (χ3v) is 0. The van der Waals surface area contributed by atoms with E-state index >= 15 is 0 Å². The average molecular weight is 242 g/mol. The van der Waals surface area contributed by atoms with Gasteiger partial charge in [-0.05, 0) is 0 Å². The molecule has 0 aromatic carbocycles. The van der Waals surface area contributed by atoms with E-state index in [-0.39, 0.29) is 57.9 Å². The quantitative estimate of drug-likeness (QED) is 0.428. The maximum atomic E-state index is 4.19. The van der Waals surface area contributed by atoms with Crippen LogP contribution in [0.5, 0.6) is 0 Å². The molecule has 0 heterocycles. The molecule has 0 aliphatic carbocycles. The molecule has 0 saturated heterocycles. The minimum Gasteiger partial charge on any atom is 0 e. The number of hydrogen-bond acceptors (Lipinski definition) is 0. The van der Waals surface area contributed by atoms with E-state index < -0.39 is 0 Å². The van der Waals surface area contributed by atoms with Crippen LogP contribution in [0.1, 0.15) is 0 Å². The molecule has 0 saturated carbocycles. The fraction of sp³-hybridized carbons (Fsp3) is 0. The minimum atomic E-state index is 0. The molecule has 0 radical (unpaired) electrons. The summed E-state index contributed by atoms with van der Waals surface area (Å²) in [5.41, 5.74) is 0. The minimum absolute atomic E-state index is 0. The van der Waals surface area contributed by atoms with Gasteiger partial charge in [0.25, 0.3) is 0 Å². The van der Waals surface area contributed by atoms with Gasteiger partial charge in [0.15, 0.2) is 0 Å². The summed E-state index contributed by atoms with van der Waals surface area (Å²) in [5.74, 6) is 0. The van der Waals surface area contributed by atoms with Crippen molar-refractivity contribution >= 4 is 15.6 Å². The molecular formula is BFeNdP. The Morgan fingerprint density at radius 1 is 1.25 bits per heavy atom. The molecule has 0 aliphatic heterocycles. The summed E-state index contributed by atoms with van der Waals surface area (Å²) in [6.07, 6.45) is 0. The molecular weight excluding hydrogens is 242 g/mol. The third kappa shape index (κ3) is 8.84. The molecule has 4 heteroatoms. The van der Waals surface area contributed by atoms with Crippen molar-refractivity contribution in [1.82, 2.24) is 0 Å². The summed E-state index contributed by atoms with van der Waals surface area (Å²) in [5, 5.41) is 0. The zero-order chi connectivity index (χ0) is 2.00. The van der Waals surface area contributed by atoms with Gasteiger partial charge in [0.05, 0.1) is 0 Å². The second-order valence-corrected chi connectivity index (χ2v) is 0. The van der Waals surface area contributed by atoms with Gasteiger partial charge in [0.1, 0.15) is 0 Å². The van der Waals surface area contributed by atoms with Gasteiger partial charge in [-0.25, -0.2) is 0 Å². The molecule has 0 fully saturated rings. The van der Waals surface area contributed by atoms with Crippen LogP contribution >= 0.6 is 8.56 Å². The summed E-state index contributed by atoms with van der Waals surface area (Å²) in [7, 11) is 7.22. The van der Waals surface area contributed by atoms with Gasteiger partial charge in [-0.3, -0.25) is 0 Å². The van der Waals surface area contributed by atoms with E-state index in [0.29, 0.717) is 0 Å². The first kappa shape index (κ1) is 16.2. The molecule has 0 aromatic rings. The zero-order valence-corrected chi connectivity index (χ0v) is 7.08. The van der Waals surface area contributed by atoms with Crippen LogP contribution < -0.4 is 0 Å². The van der Waals surface area contributed by atoms with E-state index in [0.717, 1.165) is 0 Å². The van der Waals surface area contributed by atoms with E-state index in [9.17, 15) is 0 Å². The monoisotopic (exact) mass is 240 g/mol. The van der Waals surface area contributed by atoms with Gasteiger partial charge in [0, 0.05) is 57.9 Å². The molecule has 0 bridgehead atoms. The Hall–Kier alpha value is 2.37. The van der Waals surface area contributed by atoms with Crippen LogP contribution in [0, 0.1) is 40.8 Å². The van der Waals surface area contributed by atoms with E-state index in [1.54, 1.807) is 0 Å². The molecule has 0 amide bonds. The Morgan fingerprint density at radius 2 is 1.25 bits per heavy atom. The summed E-state index contributed by atoms with van der Waals surface area (Å²) >= 11 is 0. The maximum absolute atomic E-state index is 4.19. The molecule has 20 valence electrons. The van der Waals surface area contributed by atoms with Crippen LogP contribution in [0.2, 0.25) is 0 Å². The topological polar surface area (TPSA) is 0 Å². The van der Waals surface area contributed by atoms with Crippen LogP contribution in [0.25, 0.3) is 0 Å². The predicted octanol–water partition coefficient (Wildman–Crippen LogP) is 0.478. The van der Waals surface area contributed by atoms with Crippen molar-refractivity contribution in [2.75, 3.05) is 0 Å². The Kier molecular flexibility index (Phi) is 73.9. The maximum Gasteiger partial charge on any atom is 0 e. The first-order valence-electron chi connectivity index (χ1n) is 0.258. The van der Waals surface area contributed by atoms with Gasteiger partial charge < -0.3 is 0 Å². The Bertz CT molecular complexity index is 12.8. The van der Waals surface area contributed by atoms with E-state index in [4.69, 9.17) is 0 Å². The van der Waals surface area contributed by atoms with Crippen molar-refractivity contribution in [2.45, 2.75) is 0 Å². The van der Waals surface area contributed by atoms with Gasteiger partial charge in [-0.15, -0.1) is 0 Å². The molecule has 0 nitrogen and oxygen atoms in total. The van der Waals surface area contributed by atoms with Crippen molar-refractivity contribution in [3.63, 3.8) is 0 Å². The van der Waals surface area contributed by atoms with E-state index in [1.165, 1.54) is 0 Å². The average Bonchev–Trinajstić information content (AvgIpc) is 1.00. The zero-order valence-electron chi connectivity index (χ0n) is 1.88. The first-order valence-corrected chi connectivity index (χ1v) is 0.775. The second kappa shape index (κ2) is 18.3. The van der Waals surface area contributed by atoms with Crippen molar-refractivity contribution in [3.8, 4) is 0 Å². The molecule has 0 N–H and O–H groups in total. The normalized spacial score (nSPS) is 1.25. The van der Waals surface area contributed by atoms with Crippen LogP contribution in [-0.4, -0.2) is 7.01 Å². The molecule has 0 rings (SSSR count). The molecule has 4 heavy (non-hydrogen) atoms. The van der Waals surface area contributed by atoms with Gasteiger partial charge in [-0.2, -0.15) is 0 Å². The Labute approximate surface area is 72.3 Å². The standard InChI is InChI=1S/BP.Fe.Nd/c1-2;;. The first-order chi connectivity index (χ1) is 1.00. The van der Waals surface area contributed by atoms with Crippen molar-refractivity contribution in [1.29, 1.82) is 0 Å². The van der Waals surface area contributed by atoms with Gasteiger partial charge >= 0.3 is 15.6 Å². The van der Waals surface area contributed by atoms with Crippen LogP contribution in [0.3, 0.4) is 0 Å². The SMILES string of the molecule is B#P.[Fe].[Nd]. The molecule has 0 aliphatic rings. The fourth-order valence-electron chi connectivity index (χ4n) is 0. The van der Waals surface area contributed by atoms with Crippen LogP contribution in [-0.2, 0) is 17.1 Å². The molecule has 0 atom stereocenters. The van der Waals surface area contributed by atoms with E-state index in [2.05, 4.69) is 15.6 Å². The predicted molar refractivity (Wildman–Crippen MR) is 12.7 cm³/mol. The summed E-state index contributed by atoms with van der Waals surface area (Å²) < 4.78 is 0. The van der Waals surface area contributed by atoms with Crippen LogP contribution in [0.15, 0.2) is 0 Å². The summed E-state index contributed by atoms with van der Waals surface area (Å²) in [4.78, 5) is 0. The van der Waals surface area contributed by atoms with Crippen molar-refractivity contribution in [3.05, 3.63) is 0 Å².